The maximum absolute atomic E-state index is 12.3. The Labute approximate surface area is 115 Å². The molecule has 19 heavy (non-hydrogen) atoms. The van der Waals surface area contributed by atoms with Crippen LogP contribution in [0.1, 0.15) is 36.4 Å². The molecular weight excluding hydrogens is 268 g/mol. The van der Waals surface area contributed by atoms with Crippen molar-refractivity contribution in [2.24, 2.45) is 0 Å². The molecule has 0 bridgehead atoms. The SMILES string of the molecule is CCC(CC)N(CCO)C(=O)c1ccc([N+](=O)[O-])s1. The number of aliphatic hydroxyl groups excluding tert-OH is 1. The van der Waals surface area contributed by atoms with E-state index in [1.165, 1.54) is 12.1 Å². The topological polar surface area (TPSA) is 83.7 Å². The first-order valence-corrected chi connectivity index (χ1v) is 7.02. The monoisotopic (exact) mass is 286 g/mol. The van der Waals surface area contributed by atoms with Crippen molar-refractivity contribution in [3.63, 3.8) is 0 Å². The quantitative estimate of drug-likeness (QED) is 0.615. The molecule has 0 radical (unpaired) electrons. The van der Waals surface area contributed by atoms with Gasteiger partial charge in [0.15, 0.2) is 0 Å². The van der Waals surface area contributed by atoms with Crippen LogP contribution in [0.25, 0.3) is 0 Å². The number of amides is 1. The van der Waals surface area contributed by atoms with Gasteiger partial charge < -0.3 is 10.0 Å². The zero-order valence-corrected chi connectivity index (χ0v) is 11.9. The van der Waals surface area contributed by atoms with Gasteiger partial charge in [-0.3, -0.25) is 14.9 Å². The molecule has 1 aromatic heterocycles. The average Bonchev–Trinajstić information content (AvgIpc) is 2.88. The lowest BCUT2D eigenvalue weighted by Gasteiger charge is -2.29. The molecule has 0 aliphatic carbocycles. The largest absolute Gasteiger partial charge is 0.395 e. The second-order valence-electron chi connectivity index (χ2n) is 4.09. The second kappa shape index (κ2) is 7.20. The van der Waals surface area contributed by atoms with Crippen molar-refractivity contribution in [2.45, 2.75) is 32.7 Å². The van der Waals surface area contributed by atoms with E-state index in [9.17, 15) is 14.9 Å². The lowest BCUT2D eigenvalue weighted by atomic mass is 10.1. The molecule has 7 heteroatoms. The Morgan fingerprint density at radius 3 is 2.53 bits per heavy atom. The van der Waals surface area contributed by atoms with Crippen molar-refractivity contribution in [1.29, 1.82) is 0 Å². The average molecular weight is 286 g/mol. The molecule has 0 aliphatic rings. The van der Waals surface area contributed by atoms with E-state index in [4.69, 9.17) is 5.11 Å². The fraction of sp³-hybridized carbons (Fsp3) is 0.583. The van der Waals surface area contributed by atoms with Gasteiger partial charge in [0.25, 0.3) is 5.91 Å². The van der Waals surface area contributed by atoms with E-state index < -0.39 is 4.92 Å². The van der Waals surface area contributed by atoms with E-state index in [0.29, 0.717) is 4.88 Å². The first kappa shape index (κ1) is 15.6. The van der Waals surface area contributed by atoms with Crippen molar-refractivity contribution in [3.05, 3.63) is 27.1 Å². The molecule has 1 N–H and O–H groups in total. The number of thiophene rings is 1. The Bertz CT molecular complexity index is 443. The third-order valence-corrected chi connectivity index (χ3v) is 3.99. The lowest BCUT2D eigenvalue weighted by Crippen LogP contribution is -2.41. The standard InChI is InChI=1S/C12H18N2O4S/c1-3-9(4-2)13(7-8-15)12(16)10-5-6-11(19-10)14(17)18/h5-6,9,15H,3-4,7-8H2,1-2H3. The third kappa shape index (κ3) is 3.74. The molecular formula is C12H18N2O4S. The van der Waals surface area contributed by atoms with Crippen LogP contribution in [-0.4, -0.2) is 40.0 Å². The highest BCUT2D eigenvalue weighted by Crippen LogP contribution is 2.26. The van der Waals surface area contributed by atoms with Crippen LogP contribution >= 0.6 is 11.3 Å². The molecule has 0 unspecified atom stereocenters. The molecule has 0 aromatic carbocycles. The molecule has 0 spiro atoms. The van der Waals surface area contributed by atoms with E-state index in [1.54, 1.807) is 4.90 Å². The van der Waals surface area contributed by atoms with Crippen molar-refractivity contribution >= 4 is 22.2 Å². The van der Waals surface area contributed by atoms with Crippen molar-refractivity contribution < 1.29 is 14.8 Å². The maximum Gasteiger partial charge on any atom is 0.324 e. The van der Waals surface area contributed by atoms with Crippen LogP contribution in [0, 0.1) is 10.1 Å². The van der Waals surface area contributed by atoms with Crippen molar-refractivity contribution in [2.75, 3.05) is 13.2 Å². The Hall–Kier alpha value is -1.47. The predicted octanol–water partition coefficient (Wildman–Crippen LogP) is 2.28. The molecule has 0 atom stereocenters. The highest BCUT2D eigenvalue weighted by atomic mass is 32.1. The minimum Gasteiger partial charge on any atom is -0.395 e. The molecule has 0 fully saturated rings. The highest BCUT2D eigenvalue weighted by Gasteiger charge is 2.24. The van der Waals surface area contributed by atoms with Crippen LogP contribution in [0.5, 0.6) is 0 Å². The van der Waals surface area contributed by atoms with Crippen molar-refractivity contribution in [1.82, 2.24) is 4.90 Å². The smallest absolute Gasteiger partial charge is 0.324 e. The number of hydrogen-bond donors (Lipinski definition) is 1. The number of nitro groups is 1. The summed E-state index contributed by atoms with van der Waals surface area (Å²) in [7, 11) is 0. The number of nitrogens with zero attached hydrogens (tertiary/aromatic N) is 2. The predicted molar refractivity (Wildman–Crippen MR) is 73.5 cm³/mol. The first-order valence-electron chi connectivity index (χ1n) is 6.21. The van der Waals surface area contributed by atoms with Crippen LogP contribution in [0.15, 0.2) is 12.1 Å². The Kier molecular flexibility index (Phi) is 5.91. The maximum atomic E-state index is 12.3. The summed E-state index contributed by atoms with van der Waals surface area (Å²) in [5.41, 5.74) is 0. The summed E-state index contributed by atoms with van der Waals surface area (Å²) in [6.07, 6.45) is 1.57. The molecule has 1 aromatic rings. The molecule has 0 aliphatic heterocycles. The molecule has 6 nitrogen and oxygen atoms in total. The van der Waals surface area contributed by atoms with Crippen LogP contribution in [0.3, 0.4) is 0 Å². The van der Waals surface area contributed by atoms with Gasteiger partial charge in [0.05, 0.1) is 16.4 Å². The first-order chi connectivity index (χ1) is 9.04. The summed E-state index contributed by atoms with van der Waals surface area (Å²) >= 11 is 0.870. The normalized spacial score (nSPS) is 10.7. The molecule has 1 rings (SSSR count). The lowest BCUT2D eigenvalue weighted by molar-refractivity contribution is -0.380. The van der Waals surface area contributed by atoms with Crippen LogP contribution in [0.4, 0.5) is 5.00 Å². The van der Waals surface area contributed by atoms with Gasteiger partial charge >= 0.3 is 5.00 Å². The van der Waals surface area contributed by atoms with E-state index in [-0.39, 0.29) is 30.1 Å². The summed E-state index contributed by atoms with van der Waals surface area (Å²) in [5, 5.41) is 19.7. The third-order valence-electron chi connectivity index (χ3n) is 2.97. The Morgan fingerprint density at radius 1 is 1.47 bits per heavy atom. The number of carbonyl (C=O) groups excluding carboxylic acids is 1. The van der Waals surface area contributed by atoms with Crippen molar-refractivity contribution in [3.8, 4) is 0 Å². The number of hydrogen-bond acceptors (Lipinski definition) is 5. The van der Waals surface area contributed by atoms with Gasteiger partial charge in [-0.05, 0) is 18.9 Å². The summed E-state index contributed by atoms with van der Waals surface area (Å²) in [4.78, 5) is 24.4. The molecule has 106 valence electrons. The second-order valence-corrected chi connectivity index (χ2v) is 5.15. The summed E-state index contributed by atoms with van der Waals surface area (Å²) in [6.45, 7) is 4.08. The molecule has 1 amide bonds. The molecule has 0 saturated carbocycles. The Balaban J connectivity index is 2.94. The fourth-order valence-corrected chi connectivity index (χ4v) is 2.75. The van der Waals surface area contributed by atoms with E-state index in [2.05, 4.69) is 0 Å². The number of rotatable bonds is 7. The van der Waals surface area contributed by atoms with Gasteiger partial charge in [-0.15, -0.1) is 0 Å². The minimum atomic E-state index is -0.505. The zero-order valence-electron chi connectivity index (χ0n) is 11.0. The summed E-state index contributed by atoms with van der Waals surface area (Å²) < 4.78 is 0. The summed E-state index contributed by atoms with van der Waals surface area (Å²) in [5.74, 6) is -0.249. The molecule has 0 saturated heterocycles. The van der Waals surface area contributed by atoms with Crippen LogP contribution < -0.4 is 0 Å². The van der Waals surface area contributed by atoms with Crippen LogP contribution in [-0.2, 0) is 0 Å². The van der Waals surface area contributed by atoms with Gasteiger partial charge in [0.2, 0.25) is 0 Å². The van der Waals surface area contributed by atoms with E-state index >= 15 is 0 Å². The van der Waals surface area contributed by atoms with Gasteiger partial charge in [-0.2, -0.15) is 0 Å². The minimum absolute atomic E-state index is 0.0424. The van der Waals surface area contributed by atoms with E-state index in [0.717, 1.165) is 24.2 Å². The van der Waals surface area contributed by atoms with Crippen LogP contribution in [0.2, 0.25) is 0 Å². The van der Waals surface area contributed by atoms with Gasteiger partial charge in [0.1, 0.15) is 0 Å². The summed E-state index contributed by atoms with van der Waals surface area (Å²) in [6, 6.07) is 2.85. The van der Waals surface area contributed by atoms with Gasteiger partial charge in [0, 0.05) is 18.7 Å². The zero-order chi connectivity index (χ0) is 14.4. The van der Waals surface area contributed by atoms with Gasteiger partial charge in [-0.25, -0.2) is 0 Å². The van der Waals surface area contributed by atoms with E-state index in [1.807, 2.05) is 13.8 Å². The Morgan fingerprint density at radius 2 is 2.11 bits per heavy atom. The number of carbonyl (C=O) groups is 1. The number of aliphatic hydroxyl groups is 1. The van der Waals surface area contributed by atoms with Gasteiger partial charge in [-0.1, -0.05) is 25.2 Å². The highest BCUT2D eigenvalue weighted by molar-refractivity contribution is 7.17. The molecule has 1 heterocycles. The fourth-order valence-electron chi connectivity index (χ4n) is 1.97.